The van der Waals surface area contributed by atoms with Gasteiger partial charge < -0.3 is 4.74 Å². The molecule has 0 aromatic heterocycles. The Bertz CT molecular complexity index is 409. The normalized spacial score (nSPS) is 16.8. The number of hydrogen-bond donors (Lipinski definition) is 0. The van der Waals surface area contributed by atoms with Crippen molar-refractivity contribution in [1.82, 2.24) is 0 Å². The SMILES string of the molecule is CC(=O)c1ccc(OC2CCCCC2)c(Cl)c1. The summed E-state index contributed by atoms with van der Waals surface area (Å²) in [5, 5.41) is 0.531. The number of ether oxygens (including phenoxy) is 1. The summed E-state index contributed by atoms with van der Waals surface area (Å²) in [5.41, 5.74) is 0.631. The molecule has 0 radical (unpaired) electrons. The van der Waals surface area contributed by atoms with Gasteiger partial charge in [0.1, 0.15) is 5.75 Å². The average molecular weight is 253 g/mol. The molecular weight excluding hydrogens is 236 g/mol. The van der Waals surface area contributed by atoms with Crippen LogP contribution in [-0.2, 0) is 0 Å². The van der Waals surface area contributed by atoms with Gasteiger partial charge >= 0.3 is 0 Å². The van der Waals surface area contributed by atoms with Crippen molar-refractivity contribution in [3.8, 4) is 5.75 Å². The van der Waals surface area contributed by atoms with E-state index in [1.807, 2.05) is 0 Å². The topological polar surface area (TPSA) is 26.3 Å². The lowest BCUT2D eigenvalue weighted by atomic mass is 9.98. The highest BCUT2D eigenvalue weighted by Gasteiger charge is 2.16. The van der Waals surface area contributed by atoms with E-state index in [0.717, 1.165) is 12.8 Å². The van der Waals surface area contributed by atoms with Crippen LogP contribution in [0, 0.1) is 0 Å². The van der Waals surface area contributed by atoms with Crippen LogP contribution in [0.25, 0.3) is 0 Å². The van der Waals surface area contributed by atoms with Gasteiger partial charge in [-0.05, 0) is 50.8 Å². The number of carbonyl (C=O) groups is 1. The monoisotopic (exact) mass is 252 g/mol. The number of rotatable bonds is 3. The molecule has 3 heteroatoms. The average Bonchev–Trinajstić information content (AvgIpc) is 2.33. The Labute approximate surface area is 107 Å². The smallest absolute Gasteiger partial charge is 0.159 e. The molecule has 0 N–H and O–H groups in total. The molecule has 0 spiro atoms. The first-order valence-corrected chi connectivity index (χ1v) is 6.52. The second-order valence-electron chi connectivity index (χ2n) is 4.58. The number of hydrogen-bond acceptors (Lipinski definition) is 2. The Kier molecular flexibility index (Phi) is 4.06. The molecule has 0 aliphatic heterocycles. The minimum absolute atomic E-state index is 0.0242. The van der Waals surface area contributed by atoms with E-state index in [0.29, 0.717) is 16.3 Å². The fourth-order valence-electron chi connectivity index (χ4n) is 2.18. The van der Waals surface area contributed by atoms with Crippen molar-refractivity contribution in [3.63, 3.8) is 0 Å². The molecular formula is C14H17ClO2. The van der Waals surface area contributed by atoms with E-state index in [1.165, 1.54) is 26.2 Å². The van der Waals surface area contributed by atoms with Crippen molar-refractivity contribution >= 4 is 17.4 Å². The third kappa shape index (κ3) is 3.22. The summed E-state index contributed by atoms with van der Waals surface area (Å²) in [4.78, 5) is 11.2. The van der Waals surface area contributed by atoms with Gasteiger partial charge in [-0.2, -0.15) is 0 Å². The quantitative estimate of drug-likeness (QED) is 0.752. The summed E-state index contributed by atoms with van der Waals surface area (Å²) >= 11 is 6.12. The van der Waals surface area contributed by atoms with E-state index < -0.39 is 0 Å². The molecule has 2 nitrogen and oxygen atoms in total. The molecule has 0 atom stereocenters. The predicted octanol–water partition coefficient (Wildman–Crippen LogP) is 4.25. The van der Waals surface area contributed by atoms with E-state index >= 15 is 0 Å². The van der Waals surface area contributed by atoms with Crippen LogP contribution < -0.4 is 4.74 Å². The van der Waals surface area contributed by atoms with Gasteiger partial charge in [0, 0.05) is 5.56 Å². The zero-order chi connectivity index (χ0) is 12.3. The molecule has 0 saturated heterocycles. The zero-order valence-electron chi connectivity index (χ0n) is 10.0. The van der Waals surface area contributed by atoms with E-state index in [-0.39, 0.29) is 11.9 Å². The number of benzene rings is 1. The van der Waals surface area contributed by atoms with E-state index in [9.17, 15) is 4.79 Å². The number of ketones is 1. The summed E-state index contributed by atoms with van der Waals surface area (Å²) in [5.74, 6) is 0.722. The molecule has 1 fully saturated rings. The van der Waals surface area contributed by atoms with Crippen LogP contribution in [0.5, 0.6) is 5.75 Å². The lowest BCUT2D eigenvalue weighted by Gasteiger charge is -2.23. The molecule has 1 saturated carbocycles. The second kappa shape index (κ2) is 5.54. The van der Waals surface area contributed by atoms with Crippen molar-refractivity contribution in [3.05, 3.63) is 28.8 Å². The van der Waals surface area contributed by atoms with Gasteiger partial charge in [-0.25, -0.2) is 0 Å². The van der Waals surface area contributed by atoms with Crippen LogP contribution >= 0.6 is 11.6 Å². The van der Waals surface area contributed by atoms with Crippen LogP contribution in [0.3, 0.4) is 0 Å². The molecule has 2 rings (SSSR count). The van der Waals surface area contributed by atoms with Crippen molar-refractivity contribution in [2.45, 2.75) is 45.1 Å². The van der Waals surface area contributed by atoms with Crippen LogP contribution in [0.15, 0.2) is 18.2 Å². The highest BCUT2D eigenvalue weighted by molar-refractivity contribution is 6.32. The van der Waals surface area contributed by atoms with Crippen molar-refractivity contribution in [1.29, 1.82) is 0 Å². The van der Waals surface area contributed by atoms with Gasteiger partial charge in [0.05, 0.1) is 11.1 Å². The van der Waals surface area contributed by atoms with E-state index in [4.69, 9.17) is 16.3 Å². The molecule has 0 amide bonds. The maximum Gasteiger partial charge on any atom is 0.159 e. The Morgan fingerprint density at radius 2 is 2.00 bits per heavy atom. The highest BCUT2D eigenvalue weighted by Crippen LogP contribution is 2.30. The molecule has 1 aliphatic rings. The number of halogens is 1. The second-order valence-corrected chi connectivity index (χ2v) is 4.99. The minimum Gasteiger partial charge on any atom is -0.489 e. The maximum atomic E-state index is 11.2. The summed E-state index contributed by atoms with van der Waals surface area (Å²) in [6, 6.07) is 5.25. The van der Waals surface area contributed by atoms with Gasteiger partial charge in [-0.3, -0.25) is 4.79 Å². The summed E-state index contributed by atoms with van der Waals surface area (Å²) in [7, 11) is 0. The van der Waals surface area contributed by atoms with Gasteiger partial charge in [-0.15, -0.1) is 0 Å². The Balaban J connectivity index is 2.08. The molecule has 0 unspecified atom stereocenters. The molecule has 1 aliphatic carbocycles. The van der Waals surface area contributed by atoms with Crippen LogP contribution in [0.2, 0.25) is 5.02 Å². The highest BCUT2D eigenvalue weighted by atomic mass is 35.5. The van der Waals surface area contributed by atoms with E-state index in [1.54, 1.807) is 18.2 Å². The Hall–Kier alpha value is -1.02. The molecule has 92 valence electrons. The lowest BCUT2D eigenvalue weighted by Crippen LogP contribution is -2.19. The molecule has 0 heterocycles. The van der Waals surface area contributed by atoms with Crippen LogP contribution in [0.1, 0.15) is 49.4 Å². The van der Waals surface area contributed by atoms with Crippen LogP contribution in [0.4, 0.5) is 0 Å². The first kappa shape index (κ1) is 12.4. The first-order chi connectivity index (χ1) is 8.16. The van der Waals surface area contributed by atoms with Gasteiger partial charge in [0.15, 0.2) is 5.78 Å². The number of carbonyl (C=O) groups excluding carboxylic acids is 1. The molecule has 17 heavy (non-hydrogen) atoms. The van der Waals surface area contributed by atoms with E-state index in [2.05, 4.69) is 0 Å². The third-order valence-corrected chi connectivity index (χ3v) is 3.48. The van der Waals surface area contributed by atoms with Crippen LogP contribution in [-0.4, -0.2) is 11.9 Å². The maximum absolute atomic E-state index is 11.2. The first-order valence-electron chi connectivity index (χ1n) is 6.14. The van der Waals surface area contributed by atoms with Gasteiger partial charge in [0.25, 0.3) is 0 Å². The van der Waals surface area contributed by atoms with Gasteiger partial charge in [0.2, 0.25) is 0 Å². The molecule has 1 aromatic carbocycles. The Morgan fingerprint density at radius 3 is 2.59 bits per heavy atom. The summed E-state index contributed by atoms with van der Waals surface area (Å²) in [6.07, 6.45) is 6.25. The standard InChI is InChI=1S/C14H17ClO2/c1-10(16)11-7-8-14(13(15)9-11)17-12-5-3-2-4-6-12/h7-9,12H,2-6H2,1H3. The lowest BCUT2D eigenvalue weighted by molar-refractivity contribution is 0.101. The number of Topliss-reactive ketones (excluding diaryl/α,β-unsaturated/α-hetero) is 1. The van der Waals surface area contributed by atoms with Gasteiger partial charge in [-0.1, -0.05) is 18.0 Å². The summed E-state index contributed by atoms with van der Waals surface area (Å²) in [6.45, 7) is 1.54. The summed E-state index contributed by atoms with van der Waals surface area (Å²) < 4.78 is 5.88. The predicted molar refractivity (Wildman–Crippen MR) is 69.0 cm³/mol. The molecule has 0 bridgehead atoms. The third-order valence-electron chi connectivity index (χ3n) is 3.18. The zero-order valence-corrected chi connectivity index (χ0v) is 10.8. The fourth-order valence-corrected chi connectivity index (χ4v) is 2.40. The minimum atomic E-state index is 0.0242. The molecule has 1 aromatic rings. The van der Waals surface area contributed by atoms with Crippen molar-refractivity contribution in [2.75, 3.05) is 0 Å². The fraction of sp³-hybridized carbons (Fsp3) is 0.500. The Morgan fingerprint density at radius 1 is 1.29 bits per heavy atom. The largest absolute Gasteiger partial charge is 0.489 e. The van der Waals surface area contributed by atoms with Crippen molar-refractivity contribution < 1.29 is 9.53 Å². The van der Waals surface area contributed by atoms with Crippen molar-refractivity contribution in [2.24, 2.45) is 0 Å².